The molecular formula is C37H45N7O6. The average molecular weight is 684 g/mol. The van der Waals surface area contributed by atoms with Gasteiger partial charge >= 0.3 is 11.9 Å². The van der Waals surface area contributed by atoms with Crippen LogP contribution in [-0.4, -0.2) is 64.6 Å². The van der Waals surface area contributed by atoms with Crippen molar-refractivity contribution in [1.82, 2.24) is 14.5 Å². The minimum Gasteiger partial charge on any atom is -0.466 e. The van der Waals surface area contributed by atoms with Gasteiger partial charge in [0.15, 0.2) is 6.61 Å². The maximum Gasteiger partial charge on any atom is 0.344 e. The maximum atomic E-state index is 13.7. The Kier molecular flexibility index (Phi) is 13.9. The summed E-state index contributed by atoms with van der Waals surface area (Å²) in [5.41, 5.74) is 9.78. The van der Waals surface area contributed by atoms with Crippen molar-refractivity contribution in [2.75, 3.05) is 36.6 Å². The number of nitrogens with two attached hydrogens (primary N) is 1. The molecule has 2 heterocycles. The third-order valence-corrected chi connectivity index (χ3v) is 7.62. The SMILES string of the molecule is CCCC/C=C(/N=C(\N)c1ccc(NCc2nc3cc(C(=O)N(CCC(=O)OCC)c4ccccn4)ccc3n2C)cc1)OCC(=O)OCC. The van der Waals surface area contributed by atoms with Crippen LogP contribution in [0.25, 0.3) is 11.0 Å². The number of aryl methyl sites for hydroxylation is 1. The van der Waals surface area contributed by atoms with Gasteiger partial charge in [-0.1, -0.05) is 19.4 Å². The zero-order chi connectivity index (χ0) is 35.9. The second-order valence-electron chi connectivity index (χ2n) is 11.2. The fourth-order valence-corrected chi connectivity index (χ4v) is 4.99. The Morgan fingerprint density at radius 1 is 0.960 bits per heavy atom. The molecule has 0 atom stereocenters. The zero-order valence-electron chi connectivity index (χ0n) is 29.1. The summed E-state index contributed by atoms with van der Waals surface area (Å²) in [6, 6.07) is 18.1. The number of hydrogen-bond acceptors (Lipinski definition) is 10. The molecule has 50 heavy (non-hydrogen) atoms. The number of aromatic nitrogens is 3. The molecule has 2 aromatic heterocycles. The van der Waals surface area contributed by atoms with Gasteiger partial charge < -0.3 is 29.8 Å². The van der Waals surface area contributed by atoms with Crippen LogP contribution in [-0.2, 0) is 37.4 Å². The molecule has 2 aromatic carbocycles. The number of benzene rings is 2. The normalized spacial score (nSPS) is 11.7. The van der Waals surface area contributed by atoms with Gasteiger partial charge in [-0.05, 0) is 87.4 Å². The van der Waals surface area contributed by atoms with Crippen molar-refractivity contribution in [3.63, 3.8) is 0 Å². The highest BCUT2D eigenvalue weighted by molar-refractivity contribution is 6.07. The van der Waals surface area contributed by atoms with Crippen LogP contribution in [0.3, 0.4) is 0 Å². The molecule has 0 aliphatic heterocycles. The second kappa shape index (κ2) is 18.7. The number of rotatable bonds is 18. The summed E-state index contributed by atoms with van der Waals surface area (Å²) >= 11 is 0. The largest absolute Gasteiger partial charge is 0.466 e. The predicted molar refractivity (Wildman–Crippen MR) is 193 cm³/mol. The number of allylic oxidation sites excluding steroid dienone is 1. The maximum absolute atomic E-state index is 13.7. The van der Waals surface area contributed by atoms with E-state index < -0.39 is 5.97 Å². The average Bonchev–Trinajstić information content (AvgIpc) is 3.44. The van der Waals surface area contributed by atoms with Crippen LogP contribution >= 0.6 is 0 Å². The predicted octanol–water partition coefficient (Wildman–Crippen LogP) is 5.50. The van der Waals surface area contributed by atoms with E-state index >= 15 is 0 Å². The third kappa shape index (κ3) is 10.4. The number of ether oxygens (including phenoxy) is 3. The van der Waals surface area contributed by atoms with Gasteiger partial charge in [-0.2, -0.15) is 4.99 Å². The first-order valence-electron chi connectivity index (χ1n) is 16.7. The Labute approximate surface area is 292 Å². The highest BCUT2D eigenvalue weighted by atomic mass is 16.6. The molecule has 0 bridgehead atoms. The molecule has 13 heteroatoms. The minimum atomic E-state index is -0.470. The fraction of sp³-hybridized carbons (Fsp3) is 0.351. The Balaban J connectivity index is 1.44. The molecule has 0 spiro atoms. The summed E-state index contributed by atoms with van der Waals surface area (Å²) in [6.45, 7) is 6.41. The fourth-order valence-electron chi connectivity index (χ4n) is 4.99. The molecule has 0 aliphatic rings. The van der Waals surface area contributed by atoms with Crippen molar-refractivity contribution in [2.24, 2.45) is 17.8 Å². The van der Waals surface area contributed by atoms with Crippen molar-refractivity contribution in [3.8, 4) is 0 Å². The number of carbonyl (C=O) groups excluding carboxylic acids is 3. The number of carbonyl (C=O) groups is 3. The van der Waals surface area contributed by atoms with Gasteiger partial charge in [0.25, 0.3) is 5.91 Å². The van der Waals surface area contributed by atoms with Gasteiger partial charge in [-0.3, -0.25) is 14.5 Å². The second-order valence-corrected chi connectivity index (χ2v) is 11.2. The molecule has 13 nitrogen and oxygen atoms in total. The zero-order valence-corrected chi connectivity index (χ0v) is 29.1. The number of anilines is 2. The van der Waals surface area contributed by atoms with E-state index in [0.29, 0.717) is 29.0 Å². The molecule has 0 radical (unpaired) electrons. The molecular weight excluding hydrogens is 638 g/mol. The van der Waals surface area contributed by atoms with Crippen LogP contribution in [0.5, 0.6) is 0 Å². The van der Waals surface area contributed by atoms with E-state index in [1.165, 1.54) is 4.90 Å². The van der Waals surface area contributed by atoms with Crippen molar-refractivity contribution in [2.45, 2.75) is 53.0 Å². The van der Waals surface area contributed by atoms with E-state index in [0.717, 1.165) is 36.3 Å². The number of amides is 1. The van der Waals surface area contributed by atoms with Gasteiger partial charge in [-0.15, -0.1) is 0 Å². The van der Waals surface area contributed by atoms with Crippen molar-refractivity contribution in [3.05, 3.63) is 95.8 Å². The molecule has 0 saturated heterocycles. The highest BCUT2D eigenvalue weighted by Crippen LogP contribution is 2.22. The van der Waals surface area contributed by atoms with E-state index in [4.69, 9.17) is 24.9 Å². The van der Waals surface area contributed by atoms with Crippen molar-refractivity contribution in [1.29, 1.82) is 0 Å². The van der Waals surface area contributed by atoms with Gasteiger partial charge in [0.05, 0.1) is 37.2 Å². The molecule has 0 unspecified atom stereocenters. The molecule has 3 N–H and O–H groups in total. The molecule has 0 fully saturated rings. The quantitative estimate of drug-likeness (QED) is 0.0450. The Hall–Kier alpha value is -5.72. The molecule has 4 aromatic rings. The van der Waals surface area contributed by atoms with Gasteiger partial charge in [0, 0.05) is 36.6 Å². The van der Waals surface area contributed by atoms with Gasteiger partial charge in [-0.25, -0.2) is 14.8 Å². The molecule has 4 rings (SSSR count). The number of hydrogen-bond donors (Lipinski definition) is 2. The lowest BCUT2D eigenvalue weighted by Gasteiger charge is -2.21. The monoisotopic (exact) mass is 683 g/mol. The van der Waals surface area contributed by atoms with Crippen LogP contribution in [0.1, 0.15) is 68.2 Å². The standard InChI is InChI=1S/C37H45N7O6/c1-5-8-9-13-33(50-25-35(46)49-7-3)42-36(38)26-14-17-28(18-15-26)40-24-32-41-29-23-27(16-19-30(29)43(32)4)37(47)44(22-20-34(45)48-6-2)31-12-10-11-21-39-31/h10-19,21,23,40H,5-9,20,22,24-25H2,1-4H3,(H2,38,42)/b33-13-. The van der Waals surface area contributed by atoms with E-state index in [2.05, 4.69) is 22.2 Å². The van der Waals surface area contributed by atoms with Crippen LogP contribution in [0.15, 0.2) is 83.8 Å². The lowest BCUT2D eigenvalue weighted by Crippen LogP contribution is -2.34. The lowest BCUT2D eigenvalue weighted by atomic mass is 10.1. The minimum absolute atomic E-state index is 0.0425. The van der Waals surface area contributed by atoms with E-state index in [9.17, 15) is 14.4 Å². The van der Waals surface area contributed by atoms with E-state index in [-0.39, 0.29) is 56.4 Å². The number of unbranched alkanes of at least 4 members (excludes halogenated alkanes) is 2. The molecule has 0 aliphatic carbocycles. The van der Waals surface area contributed by atoms with Crippen molar-refractivity contribution >= 4 is 46.2 Å². The number of fused-ring (bicyclic) bond motifs is 1. The molecule has 0 saturated carbocycles. The first-order valence-corrected chi connectivity index (χ1v) is 16.7. The topological polar surface area (TPSA) is 163 Å². The number of nitrogens with one attached hydrogen (secondary N) is 1. The van der Waals surface area contributed by atoms with Crippen LogP contribution in [0, 0.1) is 0 Å². The number of nitrogens with zero attached hydrogens (tertiary/aromatic N) is 5. The summed E-state index contributed by atoms with van der Waals surface area (Å²) in [7, 11) is 1.92. The summed E-state index contributed by atoms with van der Waals surface area (Å²) in [5.74, 6) is 0.592. The smallest absolute Gasteiger partial charge is 0.344 e. The summed E-state index contributed by atoms with van der Waals surface area (Å²) in [4.78, 5) is 52.6. The summed E-state index contributed by atoms with van der Waals surface area (Å²) < 4.78 is 17.6. The van der Waals surface area contributed by atoms with E-state index in [1.54, 1.807) is 50.4 Å². The number of amidine groups is 1. The van der Waals surface area contributed by atoms with Crippen LogP contribution in [0.2, 0.25) is 0 Å². The Bertz CT molecular complexity index is 1800. The molecule has 1 amide bonds. The third-order valence-electron chi connectivity index (χ3n) is 7.62. The Morgan fingerprint density at radius 2 is 1.70 bits per heavy atom. The molecule has 264 valence electrons. The number of imidazole rings is 1. The van der Waals surface area contributed by atoms with Gasteiger partial charge in [0.2, 0.25) is 5.88 Å². The lowest BCUT2D eigenvalue weighted by molar-refractivity contribution is -0.147. The Morgan fingerprint density at radius 3 is 2.40 bits per heavy atom. The summed E-state index contributed by atoms with van der Waals surface area (Å²) in [6.07, 6.45) is 6.18. The van der Waals surface area contributed by atoms with Gasteiger partial charge in [0.1, 0.15) is 17.5 Å². The number of aliphatic imine (C=N–C) groups is 1. The highest BCUT2D eigenvalue weighted by Gasteiger charge is 2.21. The van der Waals surface area contributed by atoms with Crippen LogP contribution < -0.4 is 16.0 Å². The first-order chi connectivity index (χ1) is 24.2. The number of esters is 2. The first kappa shape index (κ1) is 37.1. The number of pyridine rings is 1. The summed E-state index contributed by atoms with van der Waals surface area (Å²) in [5, 5.41) is 3.38. The van der Waals surface area contributed by atoms with Crippen LogP contribution in [0.4, 0.5) is 11.5 Å². The van der Waals surface area contributed by atoms with Crippen molar-refractivity contribution < 1.29 is 28.6 Å². The van der Waals surface area contributed by atoms with E-state index in [1.807, 2.05) is 48.0 Å².